The van der Waals surface area contributed by atoms with Crippen molar-refractivity contribution in [2.24, 2.45) is 0 Å². The van der Waals surface area contributed by atoms with E-state index in [0.717, 1.165) is 0 Å². The van der Waals surface area contributed by atoms with Gasteiger partial charge < -0.3 is 10.5 Å². The van der Waals surface area contributed by atoms with Gasteiger partial charge in [0.15, 0.2) is 0 Å². The SMILES string of the molecule is Cc1cc(Oc2cc(N)nc(C(C)(C)C)n2)ccc1F. The first-order valence-electron chi connectivity index (χ1n) is 6.35. The molecule has 0 aliphatic rings. The summed E-state index contributed by atoms with van der Waals surface area (Å²) < 4.78 is 18.9. The van der Waals surface area contributed by atoms with Crippen molar-refractivity contribution in [1.82, 2.24) is 9.97 Å². The largest absolute Gasteiger partial charge is 0.439 e. The Balaban J connectivity index is 2.33. The molecule has 2 aromatic rings. The number of benzene rings is 1. The van der Waals surface area contributed by atoms with Crippen LogP contribution in [-0.2, 0) is 5.41 Å². The Labute approximate surface area is 117 Å². The van der Waals surface area contributed by atoms with Gasteiger partial charge in [0.25, 0.3) is 0 Å². The second kappa shape index (κ2) is 5.07. The zero-order valence-corrected chi connectivity index (χ0v) is 12.1. The van der Waals surface area contributed by atoms with E-state index in [-0.39, 0.29) is 11.2 Å². The highest BCUT2D eigenvalue weighted by Gasteiger charge is 2.19. The Kier molecular flexibility index (Phi) is 3.61. The monoisotopic (exact) mass is 275 g/mol. The minimum absolute atomic E-state index is 0.230. The minimum atomic E-state index is -0.269. The maximum absolute atomic E-state index is 13.2. The van der Waals surface area contributed by atoms with Crippen LogP contribution in [0.4, 0.5) is 10.2 Å². The molecule has 0 unspecified atom stereocenters. The van der Waals surface area contributed by atoms with E-state index in [9.17, 15) is 4.39 Å². The van der Waals surface area contributed by atoms with E-state index < -0.39 is 0 Å². The van der Waals surface area contributed by atoms with E-state index in [1.165, 1.54) is 6.07 Å². The van der Waals surface area contributed by atoms with Crippen LogP contribution in [0.5, 0.6) is 11.6 Å². The molecule has 5 heteroatoms. The first-order valence-corrected chi connectivity index (χ1v) is 6.35. The molecule has 0 saturated carbocycles. The Morgan fingerprint density at radius 2 is 1.85 bits per heavy atom. The van der Waals surface area contributed by atoms with Gasteiger partial charge in [0.1, 0.15) is 23.2 Å². The number of nitrogens with two attached hydrogens (primary N) is 1. The van der Waals surface area contributed by atoms with Crippen LogP contribution in [0.3, 0.4) is 0 Å². The van der Waals surface area contributed by atoms with Crippen molar-refractivity contribution in [3.05, 3.63) is 41.5 Å². The molecule has 0 spiro atoms. The molecule has 0 amide bonds. The number of nitrogens with zero attached hydrogens (tertiary/aromatic N) is 2. The van der Waals surface area contributed by atoms with E-state index in [1.807, 2.05) is 20.8 Å². The molecule has 2 N–H and O–H groups in total. The molecule has 106 valence electrons. The maximum Gasteiger partial charge on any atom is 0.224 e. The fourth-order valence-electron chi connectivity index (χ4n) is 1.63. The summed E-state index contributed by atoms with van der Waals surface area (Å²) in [6.07, 6.45) is 0. The summed E-state index contributed by atoms with van der Waals surface area (Å²) in [5, 5.41) is 0. The predicted molar refractivity (Wildman–Crippen MR) is 76.4 cm³/mol. The molecule has 4 nitrogen and oxygen atoms in total. The maximum atomic E-state index is 13.2. The number of hydrogen-bond donors (Lipinski definition) is 1. The molecule has 2 rings (SSSR count). The summed E-state index contributed by atoms with van der Waals surface area (Å²) in [5.74, 6) is 1.55. The molecular weight excluding hydrogens is 257 g/mol. The van der Waals surface area contributed by atoms with Crippen molar-refractivity contribution in [3.8, 4) is 11.6 Å². The summed E-state index contributed by atoms with van der Waals surface area (Å²) in [4.78, 5) is 8.55. The molecule has 0 fully saturated rings. The number of hydrogen-bond acceptors (Lipinski definition) is 4. The quantitative estimate of drug-likeness (QED) is 0.909. The van der Waals surface area contributed by atoms with Crippen LogP contribution in [0.15, 0.2) is 24.3 Å². The molecule has 0 atom stereocenters. The summed E-state index contributed by atoms with van der Waals surface area (Å²) in [6, 6.07) is 6.08. The third-order valence-electron chi connectivity index (χ3n) is 2.75. The molecule has 0 radical (unpaired) electrons. The molecule has 1 heterocycles. The van der Waals surface area contributed by atoms with Gasteiger partial charge in [-0.1, -0.05) is 20.8 Å². The average molecular weight is 275 g/mol. The van der Waals surface area contributed by atoms with Crippen LogP contribution in [0.2, 0.25) is 0 Å². The standard InChI is InChI=1S/C15H18FN3O/c1-9-7-10(5-6-11(9)16)20-13-8-12(17)18-14(19-13)15(2,3)4/h5-8H,1-4H3,(H2,17,18,19). The second-order valence-corrected chi connectivity index (χ2v) is 5.72. The highest BCUT2D eigenvalue weighted by atomic mass is 19.1. The summed E-state index contributed by atoms with van der Waals surface area (Å²) in [5.41, 5.74) is 6.06. The summed E-state index contributed by atoms with van der Waals surface area (Å²) in [6.45, 7) is 7.66. The normalized spacial score (nSPS) is 11.4. The lowest BCUT2D eigenvalue weighted by Crippen LogP contribution is -2.17. The van der Waals surface area contributed by atoms with E-state index in [4.69, 9.17) is 10.5 Å². The van der Waals surface area contributed by atoms with Crippen molar-refractivity contribution in [1.29, 1.82) is 0 Å². The molecule has 20 heavy (non-hydrogen) atoms. The van der Waals surface area contributed by atoms with Gasteiger partial charge in [-0.05, 0) is 30.7 Å². The smallest absolute Gasteiger partial charge is 0.224 e. The predicted octanol–water partition coefficient (Wildman–Crippen LogP) is 3.60. The van der Waals surface area contributed by atoms with Gasteiger partial charge in [-0.2, -0.15) is 4.98 Å². The van der Waals surface area contributed by atoms with Crippen LogP contribution in [-0.4, -0.2) is 9.97 Å². The van der Waals surface area contributed by atoms with Gasteiger partial charge in [0, 0.05) is 11.5 Å². The van der Waals surface area contributed by atoms with Crippen molar-refractivity contribution in [2.45, 2.75) is 33.1 Å². The molecular formula is C15H18FN3O. The minimum Gasteiger partial charge on any atom is -0.439 e. The zero-order chi connectivity index (χ0) is 14.9. The van der Waals surface area contributed by atoms with Gasteiger partial charge in [0.2, 0.25) is 5.88 Å². The zero-order valence-electron chi connectivity index (χ0n) is 12.1. The van der Waals surface area contributed by atoms with Crippen LogP contribution in [0, 0.1) is 12.7 Å². The number of ether oxygens (including phenoxy) is 1. The molecule has 0 bridgehead atoms. The van der Waals surface area contributed by atoms with Gasteiger partial charge in [-0.3, -0.25) is 0 Å². The summed E-state index contributed by atoms with van der Waals surface area (Å²) >= 11 is 0. The number of anilines is 1. The molecule has 0 aliphatic carbocycles. The lowest BCUT2D eigenvalue weighted by atomic mass is 9.96. The Hall–Kier alpha value is -2.17. The highest BCUT2D eigenvalue weighted by molar-refractivity contribution is 5.37. The van der Waals surface area contributed by atoms with Crippen LogP contribution in [0.25, 0.3) is 0 Å². The molecule has 0 aliphatic heterocycles. The van der Waals surface area contributed by atoms with Crippen molar-refractivity contribution < 1.29 is 9.13 Å². The van der Waals surface area contributed by atoms with Crippen molar-refractivity contribution in [2.75, 3.05) is 5.73 Å². The average Bonchev–Trinajstić information content (AvgIpc) is 2.32. The Bertz CT molecular complexity index is 636. The van der Waals surface area contributed by atoms with E-state index in [1.54, 1.807) is 25.1 Å². The highest BCUT2D eigenvalue weighted by Crippen LogP contribution is 2.26. The topological polar surface area (TPSA) is 61.0 Å². The molecule has 1 aromatic carbocycles. The van der Waals surface area contributed by atoms with Crippen molar-refractivity contribution in [3.63, 3.8) is 0 Å². The fourth-order valence-corrected chi connectivity index (χ4v) is 1.63. The van der Waals surface area contributed by atoms with Crippen LogP contribution in [0.1, 0.15) is 32.2 Å². The number of aromatic nitrogens is 2. The van der Waals surface area contributed by atoms with E-state index >= 15 is 0 Å². The van der Waals surface area contributed by atoms with Gasteiger partial charge in [-0.15, -0.1) is 0 Å². The number of aryl methyl sites for hydroxylation is 1. The molecule has 1 aromatic heterocycles. The van der Waals surface area contributed by atoms with Crippen LogP contribution < -0.4 is 10.5 Å². The van der Waals surface area contributed by atoms with Gasteiger partial charge >= 0.3 is 0 Å². The van der Waals surface area contributed by atoms with E-state index in [2.05, 4.69) is 9.97 Å². The summed E-state index contributed by atoms with van der Waals surface area (Å²) in [7, 11) is 0. The van der Waals surface area contributed by atoms with Gasteiger partial charge in [-0.25, -0.2) is 9.37 Å². The number of rotatable bonds is 2. The first-order chi connectivity index (χ1) is 9.25. The van der Waals surface area contributed by atoms with Gasteiger partial charge in [0.05, 0.1) is 0 Å². The Morgan fingerprint density at radius 3 is 2.45 bits per heavy atom. The lowest BCUT2D eigenvalue weighted by Gasteiger charge is -2.17. The number of halogens is 1. The first kappa shape index (κ1) is 14.2. The number of nitrogen functional groups attached to an aromatic ring is 1. The lowest BCUT2D eigenvalue weighted by molar-refractivity contribution is 0.445. The third kappa shape index (κ3) is 3.23. The fraction of sp³-hybridized carbons (Fsp3) is 0.333. The third-order valence-corrected chi connectivity index (χ3v) is 2.75. The Morgan fingerprint density at radius 1 is 1.15 bits per heavy atom. The van der Waals surface area contributed by atoms with Crippen LogP contribution >= 0.6 is 0 Å². The molecule has 0 saturated heterocycles. The second-order valence-electron chi connectivity index (χ2n) is 5.72. The van der Waals surface area contributed by atoms with Crippen molar-refractivity contribution >= 4 is 5.82 Å². The van der Waals surface area contributed by atoms with E-state index in [0.29, 0.717) is 28.8 Å².